The molecule has 0 saturated heterocycles. The van der Waals surface area contributed by atoms with Crippen molar-refractivity contribution in [2.45, 2.75) is 51.0 Å². The molecule has 0 bridgehead atoms. The first kappa shape index (κ1) is 14.0. The van der Waals surface area contributed by atoms with Gasteiger partial charge in [0.2, 0.25) is 5.91 Å². The smallest absolute Gasteiger partial charge is 0.332 e. The predicted molar refractivity (Wildman–Crippen MR) is 62.5 cm³/mol. The highest BCUT2D eigenvalue weighted by Crippen LogP contribution is 2.22. The van der Waals surface area contributed by atoms with E-state index in [0.29, 0.717) is 0 Å². The first-order chi connectivity index (χ1) is 8.11. The van der Waals surface area contributed by atoms with Crippen LogP contribution in [0.1, 0.15) is 44.9 Å². The van der Waals surface area contributed by atoms with Crippen molar-refractivity contribution >= 4 is 11.9 Å². The maximum atomic E-state index is 11.8. The normalized spacial score (nSPS) is 19.4. The van der Waals surface area contributed by atoms with Gasteiger partial charge in [-0.1, -0.05) is 25.7 Å². The highest BCUT2D eigenvalue weighted by molar-refractivity contribution is 5.78. The van der Waals surface area contributed by atoms with Gasteiger partial charge in [0.25, 0.3) is 0 Å². The Morgan fingerprint density at radius 2 is 1.76 bits per heavy atom. The molecule has 0 heterocycles. The monoisotopic (exact) mass is 243 g/mol. The molecule has 5 nitrogen and oxygen atoms in total. The minimum Gasteiger partial charge on any atom is -0.479 e. The number of carboxylic acid groups (broad SMARTS) is 1. The molecule has 0 spiro atoms. The molecule has 3 N–H and O–H groups in total. The summed E-state index contributed by atoms with van der Waals surface area (Å²) in [6, 6.07) is 0. The van der Waals surface area contributed by atoms with Gasteiger partial charge < -0.3 is 15.5 Å². The highest BCUT2D eigenvalue weighted by Gasteiger charge is 2.20. The summed E-state index contributed by atoms with van der Waals surface area (Å²) in [7, 11) is 0. The lowest BCUT2D eigenvalue weighted by molar-refractivity contribution is -0.147. The van der Waals surface area contributed by atoms with E-state index in [4.69, 9.17) is 10.2 Å². The predicted octanol–water partition coefficient (Wildman–Crippen LogP) is 0.909. The van der Waals surface area contributed by atoms with Gasteiger partial charge in [0.1, 0.15) is 0 Å². The van der Waals surface area contributed by atoms with Crippen molar-refractivity contribution in [1.29, 1.82) is 0 Å². The molecule has 0 aromatic heterocycles. The molecule has 1 rings (SSSR count). The van der Waals surface area contributed by atoms with E-state index in [-0.39, 0.29) is 24.8 Å². The number of amides is 1. The van der Waals surface area contributed by atoms with Crippen molar-refractivity contribution < 1.29 is 19.8 Å². The molecule has 1 fully saturated rings. The number of rotatable bonds is 5. The maximum Gasteiger partial charge on any atom is 0.332 e. The lowest BCUT2D eigenvalue weighted by atomic mass is 9.99. The van der Waals surface area contributed by atoms with Crippen LogP contribution in [0.2, 0.25) is 0 Å². The minimum atomic E-state index is -1.38. The Bertz CT molecular complexity index is 259. The molecular formula is C12H21NO4. The summed E-state index contributed by atoms with van der Waals surface area (Å²) in [6.45, 7) is 0.225. The molecule has 98 valence electrons. The molecule has 1 aliphatic rings. The van der Waals surface area contributed by atoms with Crippen molar-refractivity contribution in [2.75, 3.05) is 6.54 Å². The molecule has 1 aliphatic carbocycles. The van der Waals surface area contributed by atoms with Gasteiger partial charge in [-0.25, -0.2) is 4.79 Å². The maximum absolute atomic E-state index is 11.8. The summed E-state index contributed by atoms with van der Waals surface area (Å²) in [5.41, 5.74) is 0. The molecule has 1 amide bonds. The van der Waals surface area contributed by atoms with Gasteiger partial charge >= 0.3 is 5.97 Å². The third-order valence-electron chi connectivity index (χ3n) is 3.23. The Kier molecular flexibility index (Phi) is 5.97. The van der Waals surface area contributed by atoms with Crippen LogP contribution in [0.5, 0.6) is 0 Å². The molecule has 1 atom stereocenters. The van der Waals surface area contributed by atoms with Crippen molar-refractivity contribution in [3.63, 3.8) is 0 Å². The number of aliphatic hydroxyl groups excluding tert-OH is 1. The molecule has 17 heavy (non-hydrogen) atoms. The van der Waals surface area contributed by atoms with Gasteiger partial charge in [-0.3, -0.25) is 4.79 Å². The molecular weight excluding hydrogens is 222 g/mol. The van der Waals surface area contributed by atoms with Crippen LogP contribution in [0.3, 0.4) is 0 Å². The van der Waals surface area contributed by atoms with E-state index in [1.54, 1.807) is 0 Å². The summed E-state index contributed by atoms with van der Waals surface area (Å²) in [5.74, 6) is -1.17. The molecule has 0 radical (unpaired) electrons. The summed E-state index contributed by atoms with van der Waals surface area (Å²) < 4.78 is 0. The zero-order valence-corrected chi connectivity index (χ0v) is 10.0. The van der Waals surface area contributed by atoms with Crippen LogP contribution < -0.4 is 5.32 Å². The van der Waals surface area contributed by atoms with Crippen LogP contribution in [0.4, 0.5) is 0 Å². The summed E-state index contributed by atoms with van der Waals surface area (Å²) >= 11 is 0. The molecule has 5 heteroatoms. The van der Waals surface area contributed by atoms with Gasteiger partial charge in [-0.2, -0.15) is 0 Å². The number of nitrogens with one attached hydrogen (secondary N) is 1. The Morgan fingerprint density at radius 1 is 1.18 bits per heavy atom. The van der Waals surface area contributed by atoms with Gasteiger partial charge in [-0.05, 0) is 12.8 Å². The third kappa shape index (κ3) is 5.17. The average molecular weight is 243 g/mol. The van der Waals surface area contributed by atoms with Crippen LogP contribution in [0.25, 0.3) is 0 Å². The largest absolute Gasteiger partial charge is 0.479 e. The quantitative estimate of drug-likeness (QED) is 0.626. The number of aliphatic carboxylic acids is 1. The molecule has 1 saturated carbocycles. The number of carbonyl (C=O) groups is 2. The topological polar surface area (TPSA) is 86.6 Å². The average Bonchev–Trinajstić information content (AvgIpc) is 2.57. The van der Waals surface area contributed by atoms with E-state index in [1.165, 1.54) is 12.8 Å². The summed E-state index contributed by atoms with van der Waals surface area (Å²) in [6.07, 6.45) is 5.10. The third-order valence-corrected chi connectivity index (χ3v) is 3.23. The van der Waals surface area contributed by atoms with E-state index in [9.17, 15) is 9.59 Å². The van der Waals surface area contributed by atoms with E-state index in [2.05, 4.69) is 5.32 Å². The van der Waals surface area contributed by atoms with Gasteiger partial charge in [0, 0.05) is 18.9 Å². The lowest BCUT2D eigenvalue weighted by Crippen LogP contribution is -2.34. The number of hydrogen-bond acceptors (Lipinski definition) is 3. The van der Waals surface area contributed by atoms with E-state index in [0.717, 1.165) is 25.7 Å². The van der Waals surface area contributed by atoms with E-state index < -0.39 is 12.1 Å². The second-order valence-electron chi connectivity index (χ2n) is 4.62. The van der Waals surface area contributed by atoms with Crippen molar-refractivity contribution in [3.05, 3.63) is 0 Å². The minimum absolute atomic E-state index is 0.00416. The standard InChI is InChI=1S/C12H21NO4/c14-10(12(16)17)7-8-13-11(15)9-5-3-1-2-4-6-9/h9-10,14H,1-8H2,(H,13,15)(H,16,17)/t10-/m0/s1. The fourth-order valence-corrected chi connectivity index (χ4v) is 2.14. The Morgan fingerprint density at radius 3 is 2.29 bits per heavy atom. The molecule has 0 aliphatic heterocycles. The highest BCUT2D eigenvalue weighted by atomic mass is 16.4. The second-order valence-corrected chi connectivity index (χ2v) is 4.62. The zero-order valence-electron chi connectivity index (χ0n) is 10.0. The fraction of sp³-hybridized carbons (Fsp3) is 0.833. The Labute approximate surface area is 101 Å². The number of carboxylic acids is 1. The van der Waals surface area contributed by atoms with Gasteiger partial charge in [-0.15, -0.1) is 0 Å². The van der Waals surface area contributed by atoms with E-state index in [1.807, 2.05) is 0 Å². The molecule has 0 aromatic rings. The van der Waals surface area contributed by atoms with Gasteiger partial charge in [0.15, 0.2) is 6.10 Å². The lowest BCUT2D eigenvalue weighted by Gasteiger charge is -2.14. The molecule has 0 aromatic carbocycles. The SMILES string of the molecule is O=C(NCC[C@H](O)C(=O)O)C1CCCCCC1. The van der Waals surface area contributed by atoms with Crippen LogP contribution in [-0.2, 0) is 9.59 Å². The van der Waals surface area contributed by atoms with Crippen LogP contribution in [0, 0.1) is 5.92 Å². The number of aliphatic hydroxyl groups is 1. The molecule has 0 unspecified atom stereocenters. The van der Waals surface area contributed by atoms with Crippen molar-refractivity contribution in [1.82, 2.24) is 5.32 Å². The van der Waals surface area contributed by atoms with Crippen LogP contribution >= 0.6 is 0 Å². The summed E-state index contributed by atoms with van der Waals surface area (Å²) in [5, 5.41) is 20.2. The fourth-order valence-electron chi connectivity index (χ4n) is 2.14. The zero-order chi connectivity index (χ0) is 12.7. The Hall–Kier alpha value is -1.10. The Balaban J connectivity index is 2.21. The van der Waals surface area contributed by atoms with Crippen LogP contribution in [0.15, 0.2) is 0 Å². The number of hydrogen-bond donors (Lipinski definition) is 3. The van der Waals surface area contributed by atoms with Gasteiger partial charge in [0.05, 0.1) is 0 Å². The summed E-state index contributed by atoms with van der Waals surface area (Å²) in [4.78, 5) is 22.1. The van der Waals surface area contributed by atoms with E-state index >= 15 is 0 Å². The first-order valence-corrected chi connectivity index (χ1v) is 6.30. The van der Waals surface area contributed by atoms with Crippen LogP contribution in [-0.4, -0.2) is 34.7 Å². The van der Waals surface area contributed by atoms with Crippen molar-refractivity contribution in [3.8, 4) is 0 Å². The second kappa shape index (κ2) is 7.27. The first-order valence-electron chi connectivity index (χ1n) is 6.30. The number of carbonyl (C=O) groups excluding carboxylic acids is 1. The van der Waals surface area contributed by atoms with Crippen molar-refractivity contribution in [2.24, 2.45) is 5.92 Å².